The molecule has 0 aliphatic rings. The SMILES string of the molecule is C.C.CC#N.CCOC(=O)c1ccc(N=C=S)cc1.CCOC(=O)c1ccc(Nc2nc(N)c(C(=O)c3ccccc3)s2)cc1.N#CN.O=C(CBr)c1ccccc1. The van der Waals surface area contributed by atoms with Gasteiger partial charge in [-0.05, 0) is 74.6 Å². The number of esters is 2. The van der Waals surface area contributed by atoms with Crippen LogP contribution in [0.25, 0.3) is 0 Å². The summed E-state index contributed by atoms with van der Waals surface area (Å²) in [7, 11) is 0. The summed E-state index contributed by atoms with van der Waals surface area (Å²) < 4.78 is 9.77. The van der Waals surface area contributed by atoms with E-state index in [4.69, 9.17) is 25.7 Å². The molecule has 0 aliphatic carbocycles. The average Bonchev–Trinajstić information content (AvgIpc) is 3.59. The third kappa shape index (κ3) is 19.9. The molecule has 58 heavy (non-hydrogen) atoms. The first-order valence-electron chi connectivity index (χ1n) is 16.3. The number of carbonyl (C=O) groups excluding carboxylic acids is 4. The molecule has 4 aromatic carbocycles. The Labute approximate surface area is 357 Å². The van der Waals surface area contributed by atoms with Crippen LogP contribution in [-0.2, 0) is 9.47 Å². The molecular weight excluding hydrogens is 843 g/mol. The van der Waals surface area contributed by atoms with E-state index in [0.29, 0.717) is 50.9 Å². The predicted octanol–water partition coefficient (Wildman–Crippen LogP) is 9.97. The molecule has 0 amide bonds. The lowest BCUT2D eigenvalue weighted by atomic mass is 10.1. The van der Waals surface area contributed by atoms with Crippen LogP contribution in [0.3, 0.4) is 0 Å². The normalized spacial score (nSPS) is 8.66. The maximum atomic E-state index is 12.5. The van der Waals surface area contributed by atoms with Gasteiger partial charge < -0.3 is 26.3 Å². The Hall–Kier alpha value is -6.55. The average molecular weight is 889 g/mol. The van der Waals surface area contributed by atoms with Crippen LogP contribution in [0.15, 0.2) is 114 Å². The number of aromatic nitrogens is 1. The van der Waals surface area contributed by atoms with Gasteiger partial charge in [0.05, 0.1) is 46.6 Å². The minimum absolute atomic E-state index is 0. The number of nitrogen functional groups attached to an aromatic ring is 1. The van der Waals surface area contributed by atoms with Crippen LogP contribution < -0.4 is 16.8 Å². The Balaban J connectivity index is 0. The van der Waals surface area contributed by atoms with Gasteiger partial charge in [-0.2, -0.15) is 15.5 Å². The number of nitrogens with zero attached hydrogens (tertiary/aromatic N) is 4. The van der Waals surface area contributed by atoms with E-state index in [9.17, 15) is 19.2 Å². The highest BCUT2D eigenvalue weighted by Crippen LogP contribution is 2.29. The van der Waals surface area contributed by atoms with E-state index >= 15 is 0 Å². The van der Waals surface area contributed by atoms with Crippen LogP contribution in [0.4, 0.5) is 22.3 Å². The first kappa shape index (κ1) is 53.6. The number of isothiocyanates is 1. The van der Waals surface area contributed by atoms with Gasteiger partial charge in [0.25, 0.3) is 0 Å². The van der Waals surface area contributed by atoms with E-state index in [0.717, 1.165) is 11.3 Å². The molecule has 5 N–H and O–H groups in total. The fourth-order valence-electron chi connectivity index (χ4n) is 3.94. The summed E-state index contributed by atoms with van der Waals surface area (Å²) in [6.07, 6.45) is 1.25. The van der Waals surface area contributed by atoms with Crippen molar-refractivity contribution in [3.8, 4) is 12.3 Å². The summed E-state index contributed by atoms with van der Waals surface area (Å²) in [5, 5.41) is 20.7. The predicted molar refractivity (Wildman–Crippen MR) is 238 cm³/mol. The number of hydrogen-bond donors (Lipinski definition) is 3. The lowest BCUT2D eigenvalue weighted by Gasteiger charge is -2.04. The van der Waals surface area contributed by atoms with Crippen molar-refractivity contribution < 1.29 is 28.7 Å². The third-order valence-electron chi connectivity index (χ3n) is 6.31. The zero-order valence-corrected chi connectivity index (χ0v) is 33.8. The number of nitrogens with two attached hydrogens (primary N) is 2. The quantitative estimate of drug-likeness (QED) is 0.0214. The second kappa shape index (κ2) is 31.6. The number of ether oxygens (including phenoxy) is 2. The second-order valence-electron chi connectivity index (χ2n) is 10.1. The molecule has 0 spiro atoms. The maximum Gasteiger partial charge on any atom is 0.338 e. The summed E-state index contributed by atoms with van der Waals surface area (Å²) in [4.78, 5) is 54.8. The Kier molecular flexibility index (Phi) is 29.2. The van der Waals surface area contributed by atoms with Crippen molar-refractivity contribution in [3.63, 3.8) is 0 Å². The van der Waals surface area contributed by atoms with E-state index in [2.05, 4.69) is 54.3 Å². The number of rotatable bonds is 11. The van der Waals surface area contributed by atoms with Gasteiger partial charge in [0.1, 0.15) is 10.7 Å². The number of halogens is 1. The molecule has 0 bridgehead atoms. The minimum atomic E-state index is -0.367. The summed E-state index contributed by atoms with van der Waals surface area (Å²) in [6, 6.07) is 33.4. The van der Waals surface area contributed by atoms with Crippen LogP contribution in [0.1, 0.15) is 81.9 Å². The summed E-state index contributed by atoms with van der Waals surface area (Å²) in [6.45, 7) is 5.66. The van der Waals surface area contributed by atoms with E-state index in [1.165, 1.54) is 24.5 Å². The molecule has 0 fully saturated rings. The molecule has 5 rings (SSSR count). The van der Waals surface area contributed by atoms with Crippen molar-refractivity contribution in [3.05, 3.63) is 136 Å². The first-order chi connectivity index (χ1) is 27.0. The fraction of sp³-hybridized carbons (Fsp3) is 0.190. The molecule has 0 saturated carbocycles. The topological polar surface area (TPSA) is 224 Å². The molecule has 0 atom stereocenters. The van der Waals surface area contributed by atoms with Crippen molar-refractivity contribution in [2.45, 2.75) is 35.6 Å². The minimum Gasteiger partial charge on any atom is -0.462 e. The number of Topliss-reactive ketones (excluding diaryl/α,β-unsaturated/α-hetero) is 1. The van der Waals surface area contributed by atoms with Gasteiger partial charge in [-0.25, -0.2) is 14.6 Å². The third-order valence-corrected chi connectivity index (χ3v) is 7.90. The number of thiazole rings is 1. The first-order valence-corrected chi connectivity index (χ1v) is 18.7. The van der Waals surface area contributed by atoms with Crippen LogP contribution in [-0.4, -0.2) is 52.2 Å². The molecule has 13 nitrogen and oxygen atoms in total. The molecule has 16 heteroatoms. The number of alkyl halides is 1. The van der Waals surface area contributed by atoms with Crippen LogP contribution >= 0.6 is 39.5 Å². The molecule has 5 aromatic rings. The van der Waals surface area contributed by atoms with Gasteiger partial charge in [0.2, 0.25) is 5.78 Å². The van der Waals surface area contributed by atoms with Gasteiger partial charge in [0, 0.05) is 23.7 Å². The van der Waals surface area contributed by atoms with Crippen molar-refractivity contribution in [1.82, 2.24) is 4.98 Å². The highest BCUT2D eigenvalue weighted by atomic mass is 79.9. The van der Waals surface area contributed by atoms with Gasteiger partial charge in [-0.15, -0.1) is 0 Å². The Bertz CT molecular complexity index is 2100. The van der Waals surface area contributed by atoms with E-state index < -0.39 is 0 Å². The molecule has 0 aliphatic heterocycles. The van der Waals surface area contributed by atoms with E-state index in [1.807, 2.05) is 36.4 Å². The molecule has 0 saturated heterocycles. The Morgan fingerprint density at radius 2 is 1.22 bits per heavy atom. The lowest BCUT2D eigenvalue weighted by Crippen LogP contribution is -2.04. The number of benzene rings is 4. The van der Waals surface area contributed by atoms with Crippen molar-refractivity contribution in [1.29, 1.82) is 10.5 Å². The Morgan fingerprint density at radius 3 is 1.64 bits per heavy atom. The van der Waals surface area contributed by atoms with Crippen LogP contribution in [0.5, 0.6) is 0 Å². The number of thiocarbonyl (C=S) groups is 1. The van der Waals surface area contributed by atoms with E-state index in [1.54, 1.807) is 92.7 Å². The number of ketones is 2. The van der Waals surface area contributed by atoms with E-state index in [-0.39, 0.29) is 44.2 Å². The monoisotopic (exact) mass is 887 g/mol. The van der Waals surface area contributed by atoms with Gasteiger partial charge >= 0.3 is 11.9 Å². The molecule has 304 valence electrons. The smallest absolute Gasteiger partial charge is 0.338 e. The molecule has 0 unspecified atom stereocenters. The van der Waals surface area contributed by atoms with Crippen molar-refractivity contribution in [2.24, 2.45) is 10.7 Å². The summed E-state index contributed by atoms with van der Waals surface area (Å²) in [5.74, 6) is -0.542. The zero-order chi connectivity index (χ0) is 41.7. The highest BCUT2D eigenvalue weighted by Gasteiger charge is 2.18. The lowest BCUT2D eigenvalue weighted by molar-refractivity contribution is 0.0517. The zero-order valence-electron chi connectivity index (χ0n) is 30.6. The van der Waals surface area contributed by atoms with Crippen LogP contribution in [0.2, 0.25) is 0 Å². The molecular formula is C42H46BrN7O6S2. The highest BCUT2D eigenvalue weighted by molar-refractivity contribution is 9.09. The van der Waals surface area contributed by atoms with Gasteiger partial charge in [-0.1, -0.05) is 103 Å². The van der Waals surface area contributed by atoms with Gasteiger partial charge in [0.15, 0.2) is 17.1 Å². The maximum absolute atomic E-state index is 12.5. The summed E-state index contributed by atoms with van der Waals surface area (Å²) in [5.41, 5.74) is 13.8. The molecule has 0 radical (unpaired) electrons. The molecule has 1 heterocycles. The second-order valence-corrected chi connectivity index (χ2v) is 11.8. The fourth-order valence-corrected chi connectivity index (χ4v) is 5.23. The number of nitrogens with one attached hydrogen (secondary N) is 1. The van der Waals surface area contributed by atoms with Crippen LogP contribution in [0, 0.1) is 22.8 Å². The number of aliphatic imine (C=N–C) groups is 1. The Morgan fingerprint density at radius 1 is 0.793 bits per heavy atom. The van der Waals surface area contributed by atoms with Crippen molar-refractivity contribution >= 4 is 90.5 Å². The number of anilines is 3. The standard InChI is InChI=1S/C19H17N3O3S.C10H9NO2S.C8H7BrO.C2H3N.CH2N2.2CH4/c1-2-25-18(24)13-8-10-14(11-9-13)21-19-22-17(20)16(26-19)15(23)12-6-4-3-5-7-12;1-2-13-10(12)8-3-5-9(6-4-8)11-7-14;9-6-8(10)7-4-2-1-3-5-7;1-2-3;2-1-3;;/h3-11H,2,20H2,1H3,(H,21,22);3-6H,2H2,1H3;1-5H,6H2;1H3;2H2;2*1H4. The number of hydrogen-bond acceptors (Lipinski definition) is 15. The molecule has 1 aromatic heterocycles. The van der Waals surface area contributed by atoms with Crippen molar-refractivity contribution in [2.75, 3.05) is 29.6 Å². The number of nitriles is 2. The summed E-state index contributed by atoms with van der Waals surface area (Å²) >= 11 is 8.74. The largest absolute Gasteiger partial charge is 0.462 e. The van der Waals surface area contributed by atoms with Gasteiger partial charge in [-0.3, -0.25) is 9.59 Å². The number of carbonyl (C=O) groups is 4.